The smallest absolute Gasteiger partial charge is 0.244 e. The topological polar surface area (TPSA) is 71.3 Å². The second kappa shape index (κ2) is 8.84. The summed E-state index contributed by atoms with van der Waals surface area (Å²) in [5.41, 5.74) is 0. The highest BCUT2D eigenvalue weighted by Gasteiger charge is 2.02. The van der Waals surface area contributed by atoms with Crippen LogP contribution in [-0.2, 0) is 16.0 Å². The predicted molar refractivity (Wildman–Crippen MR) is 86.4 cm³/mol. The molecular weight excluding hydrogens is 300 g/mol. The summed E-state index contributed by atoms with van der Waals surface area (Å²) in [6, 6.07) is 7.54. The number of amides is 2. The molecule has 0 radical (unpaired) electrons. The van der Waals surface area contributed by atoms with Gasteiger partial charge >= 0.3 is 0 Å². The van der Waals surface area contributed by atoms with Gasteiger partial charge in [-0.25, -0.2) is 0 Å². The fourth-order valence-corrected chi connectivity index (χ4v) is 2.48. The van der Waals surface area contributed by atoms with Gasteiger partial charge in [-0.15, -0.1) is 11.3 Å². The lowest BCUT2D eigenvalue weighted by atomic mass is 10.3. The second-order valence-electron chi connectivity index (χ2n) is 4.57. The van der Waals surface area contributed by atoms with Crippen LogP contribution in [0.3, 0.4) is 0 Å². The van der Waals surface area contributed by atoms with Gasteiger partial charge in [0.1, 0.15) is 5.76 Å². The number of hydrogen-bond acceptors (Lipinski definition) is 4. The van der Waals surface area contributed by atoms with E-state index in [1.807, 2.05) is 17.5 Å². The summed E-state index contributed by atoms with van der Waals surface area (Å²) in [4.78, 5) is 24.4. The molecule has 0 atom stereocenters. The minimum Gasteiger partial charge on any atom is -0.465 e. The van der Waals surface area contributed by atoms with Crippen molar-refractivity contribution in [1.82, 2.24) is 10.6 Å². The third-order valence-electron chi connectivity index (χ3n) is 2.87. The van der Waals surface area contributed by atoms with Crippen LogP contribution in [-0.4, -0.2) is 24.9 Å². The van der Waals surface area contributed by atoms with Crippen molar-refractivity contribution in [2.75, 3.05) is 13.1 Å². The molecule has 0 fully saturated rings. The molecule has 2 heterocycles. The van der Waals surface area contributed by atoms with Gasteiger partial charge < -0.3 is 15.1 Å². The van der Waals surface area contributed by atoms with Crippen molar-refractivity contribution in [3.8, 4) is 0 Å². The minimum absolute atomic E-state index is 0.0631. The van der Waals surface area contributed by atoms with E-state index in [-0.39, 0.29) is 18.2 Å². The second-order valence-corrected chi connectivity index (χ2v) is 5.60. The number of nitrogens with one attached hydrogen (secondary N) is 2. The van der Waals surface area contributed by atoms with Gasteiger partial charge in [-0.3, -0.25) is 9.59 Å². The first kappa shape index (κ1) is 16.0. The molecule has 0 aliphatic carbocycles. The Morgan fingerprint density at radius 1 is 1.18 bits per heavy atom. The van der Waals surface area contributed by atoms with E-state index >= 15 is 0 Å². The van der Waals surface area contributed by atoms with Crippen LogP contribution in [0.5, 0.6) is 0 Å². The van der Waals surface area contributed by atoms with Crippen LogP contribution < -0.4 is 10.6 Å². The zero-order valence-electron chi connectivity index (χ0n) is 12.1. The monoisotopic (exact) mass is 318 g/mol. The molecule has 0 bridgehead atoms. The molecule has 0 spiro atoms. The molecule has 2 aromatic heterocycles. The van der Waals surface area contributed by atoms with Gasteiger partial charge in [0.05, 0.1) is 6.26 Å². The Hall–Kier alpha value is -2.34. The summed E-state index contributed by atoms with van der Waals surface area (Å²) in [6.07, 6.45) is 5.61. The molecule has 0 unspecified atom stereocenters. The number of carbonyl (C=O) groups is 2. The van der Waals surface area contributed by atoms with Gasteiger partial charge in [-0.2, -0.15) is 0 Å². The van der Waals surface area contributed by atoms with E-state index in [1.165, 1.54) is 17.2 Å². The van der Waals surface area contributed by atoms with Crippen molar-refractivity contribution >= 4 is 29.2 Å². The first-order valence-corrected chi connectivity index (χ1v) is 7.90. The van der Waals surface area contributed by atoms with Crippen LogP contribution in [0.1, 0.15) is 17.1 Å². The Balaban J connectivity index is 1.55. The standard InChI is InChI=1S/C16H18N2O3S/c19-15(6-5-13-3-1-11-21-13)18-10-8-16(20)17-9-7-14-4-2-12-22-14/h1-6,11-12H,7-10H2,(H,17,20)(H,18,19)/b6-5+. The largest absolute Gasteiger partial charge is 0.465 e. The maximum absolute atomic E-state index is 11.6. The molecule has 0 aliphatic rings. The highest BCUT2D eigenvalue weighted by atomic mass is 32.1. The molecule has 2 amide bonds. The SMILES string of the molecule is O=C(/C=C/c1ccco1)NCCC(=O)NCCc1cccs1. The molecule has 22 heavy (non-hydrogen) atoms. The quantitative estimate of drug-likeness (QED) is 0.733. The molecule has 0 aliphatic heterocycles. The molecule has 0 saturated carbocycles. The van der Waals surface area contributed by atoms with E-state index < -0.39 is 0 Å². The molecule has 2 rings (SSSR count). The summed E-state index contributed by atoms with van der Waals surface area (Å²) in [5.74, 6) is 0.302. The van der Waals surface area contributed by atoms with Gasteiger partial charge in [0.2, 0.25) is 11.8 Å². The van der Waals surface area contributed by atoms with E-state index in [4.69, 9.17) is 4.42 Å². The Morgan fingerprint density at radius 3 is 2.82 bits per heavy atom. The summed E-state index contributed by atoms with van der Waals surface area (Å²) in [5, 5.41) is 7.50. The summed E-state index contributed by atoms with van der Waals surface area (Å²) in [6.45, 7) is 0.928. The van der Waals surface area contributed by atoms with Gasteiger partial charge in [-0.05, 0) is 36.1 Å². The molecule has 116 valence electrons. The Kier molecular flexibility index (Phi) is 6.44. The van der Waals surface area contributed by atoms with Crippen molar-refractivity contribution in [3.63, 3.8) is 0 Å². The lowest BCUT2D eigenvalue weighted by molar-refractivity contribution is -0.121. The van der Waals surface area contributed by atoms with Crippen molar-refractivity contribution < 1.29 is 14.0 Å². The third kappa shape index (κ3) is 5.97. The molecule has 5 nitrogen and oxygen atoms in total. The fraction of sp³-hybridized carbons (Fsp3) is 0.250. The molecule has 2 aromatic rings. The van der Waals surface area contributed by atoms with Crippen LogP contribution in [0.2, 0.25) is 0 Å². The van der Waals surface area contributed by atoms with E-state index in [9.17, 15) is 9.59 Å². The average molecular weight is 318 g/mol. The van der Waals surface area contributed by atoms with E-state index in [1.54, 1.807) is 29.5 Å². The van der Waals surface area contributed by atoms with Crippen LogP contribution in [0, 0.1) is 0 Å². The third-order valence-corrected chi connectivity index (χ3v) is 3.80. The lowest BCUT2D eigenvalue weighted by Crippen LogP contribution is -2.30. The zero-order chi connectivity index (χ0) is 15.6. The van der Waals surface area contributed by atoms with E-state index in [2.05, 4.69) is 10.6 Å². The van der Waals surface area contributed by atoms with Crippen molar-refractivity contribution in [2.24, 2.45) is 0 Å². The van der Waals surface area contributed by atoms with Crippen LogP contribution in [0.4, 0.5) is 0 Å². The van der Waals surface area contributed by atoms with Crippen LogP contribution in [0.15, 0.2) is 46.4 Å². The minimum atomic E-state index is -0.247. The molecular formula is C16H18N2O3S. The summed E-state index contributed by atoms with van der Waals surface area (Å²) in [7, 11) is 0. The van der Waals surface area contributed by atoms with Gasteiger partial charge in [0.15, 0.2) is 0 Å². The zero-order valence-corrected chi connectivity index (χ0v) is 12.9. The van der Waals surface area contributed by atoms with Crippen LogP contribution in [0.25, 0.3) is 6.08 Å². The Morgan fingerprint density at radius 2 is 2.09 bits per heavy atom. The predicted octanol–water partition coefficient (Wildman–Crippen LogP) is 2.22. The maximum Gasteiger partial charge on any atom is 0.244 e. The summed E-state index contributed by atoms with van der Waals surface area (Å²) >= 11 is 1.68. The van der Waals surface area contributed by atoms with E-state index in [0.717, 1.165) is 6.42 Å². The number of furan rings is 1. The molecule has 0 aromatic carbocycles. The number of rotatable bonds is 8. The highest BCUT2D eigenvalue weighted by Crippen LogP contribution is 2.08. The van der Waals surface area contributed by atoms with Crippen molar-refractivity contribution in [2.45, 2.75) is 12.8 Å². The fourth-order valence-electron chi connectivity index (χ4n) is 1.77. The highest BCUT2D eigenvalue weighted by molar-refractivity contribution is 7.09. The van der Waals surface area contributed by atoms with Gasteiger partial charge in [-0.1, -0.05) is 6.07 Å². The first-order valence-electron chi connectivity index (χ1n) is 7.02. The van der Waals surface area contributed by atoms with E-state index in [0.29, 0.717) is 18.8 Å². The number of hydrogen-bond donors (Lipinski definition) is 2. The lowest BCUT2D eigenvalue weighted by Gasteiger charge is -2.04. The summed E-state index contributed by atoms with van der Waals surface area (Å²) < 4.78 is 5.07. The normalized spacial score (nSPS) is 10.7. The van der Waals surface area contributed by atoms with Gasteiger partial charge in [0, 0.05) is 30.5 Å². The Labute approximate surface area is 133 Å². The van der Waals surface area contributed by atoms with Gasteiger partial charge in [0.25, 0.3) is 0 Å². The van der Waals surface area contributed by atoms with Crippen LogP contribution >= 0.6 is 11.3 Å². The maximum atomic E-state index is 11.6. The van der Waals surface area contributed by atoms with Crippen molar-refractivity contribution in [1.29, 1.82) is 0 Å². The number of thiophene rings is 1. The molecule has 0 saturated heterocycles. The average Bonchev–Trinajstić information content (AvgIpc) is 3.18. The number of carbonyl (C=O) groups excluding carboxylic acids is 2. The Bertz CT molecular complexity index is 603. The molecule has 6 heteroatoms. The first-order chi connectivity index (χ1) is 10.7. The molecule has 2 N–H and O–H groups in total. The van der Waals surface area contributed by atoms with Crippen molar-refractivity contribution in [3.05, 3.63) is 52.6 Å².